The van der Waals surface area contributed by atoms with Gasteiger partial charge < -0.3 is 15.4 Å². The van der Waals surface area contributed by atoms with Crippen molar-refractivity contribution in [2.45, 2.75) is 19.4 Å². The third-order valence-corrected chi connectivity index (χ3v) is 5.90. The van der Waals surface area contributed by atoms with Crippen molar-refractivity contribution >= 4 is 40.0 Å². The van der Waals surface area contributed by atoms with Gasteiger partial charge in [0.15, 0.2) is 5.75 Å². The first-order valence-corrected chi connectivity index (χ1v) is 10.4. The molecule has 3 aromatic rings. The molecule has 0 saturated carbocycles. The van der Waals surface area contributed by atoms with Crippen molar-refractivity contribution in [1.29, 1.82) is 0 Å². The second kappa shape index (κ2) is 8.47. The summed E-state index contributed by atoms with van der Waals surface area (Å²) >= 11 is 0. The molecule has 3 aromatic carbocycles. The minimum atomic E-state index is -1.33. The van der Waals surface area contributed by atoms with E-state index in [1.54, 1.807) is 19.9 Å². The third kappa shape index (κ3) is 3.90. The number of nitrogens with zero attached hydrogens (tertiary/aromatic N) is 2. The number of carbonyl (C=O) groups excluding carboxylic acids is 3. The number of hydrogen-bond donors (Lipinski definition) is 2. The van der Waals surface area contributed by atoms with Gasteiger partial charge in [0.05, 0.1) is 12.0 Å². The number of methoxy groups -OCH3 is 1. The number of carbonyl (C=O) groups is 3. The van der Waals surface area contributed by atoms with Gasteiger partial charge in [0.1, 0.15) is 12.1 Å². The van der Waals surface area contributed by atoms with Gasteiger partial charge in [0, 0.05) is 17.8 Å². The maximum Gasteiger partial charge on any atom is 0.325 e. The van der Waals surface area contributed by atoms with Gasteiger partial charge in [-0.05, 0) is 41.8 Å². The highest BCUT2D eigenvalue weighted by molar-refractivity contribution is 6.10. The first-order chi connectivity index (χ1) is 16.1. The summed E-state index contributed by atoms with van der Waals surface area (Å²) in [5, 5.41) is 18.4. The number of hydrogen-bond acceptors (Lipinski definition) is 6. The molecule has 0 spiro atoms. The van der Waals surface area contributed by atoms with Gasteiger partial charge in [0.25, 0.3) is 5.91 Å². The van der Waals surface area contributed by atoms with Crippen molar-refractivity contribution in [2.24, 2.45) is 0 Å². The minimum Gasteiger partial charge on any atom is -0.490 e. The molecular weight excluding hydrogens is 440 g/mol. The van der Waals surface area contributed by atoms with Gasteiger partial charge in [-0.2, -0.15) is 0 Å². The van der Waals surface area contributed by atoms with E-state index in [1.807, 2.05) is 36.4 Å². The summed E-state index contributed by atoms with van der Waals surface area (Å²) in [6, 6.07) is 15.1. The number of ether oxygens (including phenoxy) is 1. The number of nitro groups is 1. The van der Waals surface area contributed by atoms with Gasteiger partial charge in [-0.15, -0.1) is 0 Å². The number of anilines is 1. The molecule has 0 unspecified atom stereocenters. The Balaban J connectivity index is 1.54. The van der Waals surface area contributed by atoms with E-state index < -0.39 is 34.9 Å². The molecule has 0 aromatic heterocycles. The van der Waals surface area contributed by atoms with E-state index >= 15 is 0 Å². The molecule has 1 saturated heterocycles. The number of fused-ring (bicyclic) bond motifs is 1. The zero-order chi connectivity index (χ0) is 24.6. The molecule has 1 atom stereocenters. The number of benzene rings is 3. The number of amides is 4. The fourth-order valence-electron chi connectivity index (χ4n) is 3.98. The maximum atomic E-state index is 13.2. The van der Waals surface area contributed by atoms with E-state index in [4.69, 9.17) is 4.74 Å². The first-order valence-electron chi connectivity index (χ1n) is 10.4. The summed E-state index contributed by atoms with van der Waals surface area (Å²) in [6.45, 7) is 2.67. The molecule has 2 N–H and O–H groups in total. The maximum absolute atomic E-state index is 13.2. The molecule has 174 valence electrons. The lowest BCUT2D eigenvalue weighted by Crippen LogP contribution is -2.42. The smallest absolute Gasteiger partial charge is 0.325 e. The van der Waals surface area contributed by atoms with Crippen LogP contribution in [0.5, 0.6) is 5.75 Å². The van der Waals surface area contributed by atoms with Crippen molar-refractivity contribution < 1.29 is 24.0 Å². The number of imide groups is 1. The SMILES string of the molecule is COc1cc(NC(=O)CN2C(=O)N[C@@](C)(c3ccc4ccccc4c3)C2=O)c(C)cc1[N+](=O)[O-]. The number of nitro benzene ring substituents is 1. The van der Waals surface area contributed by atoms with Gasteiger partial charge in [0.2, 0.25) is 5.91 Å². The summed E-state index contributed by atoms with van der Waals surface area (Å²) in [5.41, 5.74) is -0.258. The Morgan fingerprint density at radius 3 is 2.53 bits per heavy atom. The third-order valence-electron chi connectivity index (χ3n) is 5.90. The Kier molecular flexibility index (Phi) is 5.66. The average molecular weight is 462 g/mol. The molecule has 1 heterocycles. The van der Waals surface area contributed by atoms with E-state index in [2.05, 4.69) is 10.6 Å². The van der Waals surface area contributed by atoms with E-state index in [-0.39, 0.29) is 17.1 Å². The van der Waals surface area contributed by atoms with Crippen LogP contribution in [0.4, 0.5) is 16.2 Å². The van der Waals surface area contributed by atoms with Crippen LogP contribution in [-0.4, -0.2) is 41.3 Å². The molecule has 1 aliphatic rings. The lowest BCUT2D eigenvalue weighted by molar-refractivity contribution is -0.385. The van der Waals surface area contributed by atoms with Crippen molar-refractivity contribution in [1.82, 2.24) is 10.2 Å². The highest BCUT2D eigenvalue weighted by Gasteiger charge is 2.49. The van der Waals surface area contributed by atoms with Crippen LogP contribution in [0.25, 0.3) is 10.8 Å². The number of rotatable bonds is 6. The zero-order valence-corrected chi connectivity index (χ0v) is 18.7. The molecule has 4 amide bonds. The zero-order valence-electron chi connectivity index (χ0n) is 18.7. The van der Waals surface area contributed by atoms with Crippen LogP contribution < -0.4 is 15.4 Å². The molecule has 1 fully saturated rings. The van der Waals surface area contributed by atoms with Gasteiger partial charge in [-0.3, -0.25) is 24.6 Å². The Morgan fingerprint density at radius 1 is 1.15 bits per heavy atom. The highest BCUT2D eigenvalue weighted by Crippen LogP contribution is 2.33. The number of urea groups is 1. The Morgan fingerprint density at radius 2 is 1.85 bits per heavy atom. The molecule has 0 radical (unpaired) electrons. The van der Waals surface area contributed by atoms with E-state index in [9.17, 15) is 24.5 Å². The summed E-state index contributed by atoms with van der Waals surface area (Å²) in [7, 11) is 1.28. The number of aryl methyl sites for hydroxylation is 1. The summed E-state index contributed by atoms with van der Waals surface area (Å²) < 4.78 is 5.04. The molecule has 1 aliphatic heterocycles. The van der Waals surface area contributed by atoms with Crippen LogP contribution in [0.3, 0.4) is 0 Å². The monoisotopic (exact) mass is 462 g/mol. The standard InChI is InChI=1S/C24H22N4O6/c1-14-10-19(28(32)33)20(34-3)12-18(14)25-21(29)13-27-22(30)24(2,26-23(27)31)17-9-8-15-6-4-5-7-16(15)11-17/h4-12H,13H2,1-3H3,(H,25,29)(H,26,31)/t24-/m0/s1. The molecule has 10 heteroatoms. The molecule has 10 nitrogen and oxygen atoms in total. The summed E-state index contributed by atoms with van der Waals surface area (Å²) in [5.74, 6) is -1.21. The van der Waals surface area contributed by atoms with Crippen molar-refractivity contribution in [3.63, 3.8) is 0 Å². The predicted molar refractivity (Wildman–Crippen MR) is 125 cm³/mol. The normalized spacial score (nSPS) is 17.6. The van der Waals surface area contributed by atoms with Crippen LogP contribution in [-0.2, 0) is 15.1 Å². The summed E-state index contributed by atoms with van der Waals surface area (Å²) in [4.78, 5) is 50.0. The lowest BCUT2D eigenvalue weighted by atomic mass is 9.90. The first kappa shape index (κ1) is 22.7. The molecule has 4 rings (SSSR count). The van der Waals surface area contributed by atoms with E-state index in [0.717, 1.165) is 15.7 Å². The van der Waals surface area contributed by atoms with Gasteiger partial charge >= 0.3 is 11.7 Å². The highest BCUT2D eigenvalue weighted by atomic mass is 16.6. The Bertz CT molecular complexity index is 1350. The fourth-order valence-corrected chi connectivity index (χ4v) is 3.98. The molecule has 0 bridgehead atoms. The van der Waals surface area contributed by atoms with Gasteiger partial charge in [-0.25, -0.2) is 4.79 Å². The van der Waals surface area contributed by atoms with Crippen LogP contribution in [0.1, 0.15) is 18.1 Å². The second-order valence-corrected chi connectivity index (χ2v) is 8.15. The summed E-state index contributed by atoms with van der Waals surface area (Å²) in [6.07, 6.45) is 0. The Hall–Kier alpha value is -4.47. The number of nitrogens with one attached hydrogen (secondary N) is 2. The fraction of sp³-hybridized carbons (Fsp3) is 0.208. The second-order valence-electron chi connectivity index (χ2n) is 8.15. The van der Waals surface area contributed by atoms with Gasteiger partial charge in [-0.1, -0.05) is 36.4 Å². The van der Waals surface area contributed by atoms with Crippen LogP contribution >= 0.6 is 0 Å². The van der Waals surface area contributed by atoms with Crippen molar-refractivity contribution in [2.75, 3.05) is 19.0 Å². The molecule has 0 aliphatic carbocycles. The van der Waals surface area contributed by atoms with Crippen molar-refractivity contribution in [3.8, 4) is 5.75 Å². The van der Waals surface area contributed by atoms with Crippen LogP contribution in [0.2, 0.25) is 0 Å². The van der Waals surface area contributed by atoms with Crippen LogP contribution in [0, 0.1) is 17.0 Å². The van der Waals surface area contributed by atoms with Crippen molar-refractivity contribution in [3.05, 3.63) is 75.8 Å². The van der Waals surface area contributed by atoms with E-state index in [1.165, 1.54) is 19.2 Å². The average Bonchev–Trinajstić information content (AvgIpc) is 3.03. The quantitative estimate of drug-likeness (QED) is 0.328. The predicted octanol–water partition coefficient (Wildman–Crippen LogP) is 3.47. The largest absolute Gasteiger partial charge is 0.490 e. The lowest BCUT2D eigenvalue weighted by Gasteiger charge is -2.22. The minimum absolute atomic E-state index is 0.0234. The topological polar surface area (TPSA) is 131 Å². The van der Waals surface area contributed by atoms with E-state index in [0.29, 0.717) is 11.1 Å². The molecular formula is C24H22N4O6. The van der Waals surface area contributed by atoms with Crippen LogP contribution in [0.15, 0.2) is 54.6 Å². The Labute approximate surface area is 194 Å². The molecule has 34 heavy (non-hydrogen) atoms.